The summed E-state index contributed by atoms with van der Waals surface area (Å²) >= 11 is 0. The van der Waals surface area contributed by atoms with Crippen molar-refractivity contribution >= 4 is 0 Å². The van der Waals surface area contributed by atoms with Crippen molar-refractivity contribution in [1.29, 1.82) is 0 Å². The van der Waals surface area contributed by atoms with E-state index in [0.717, 1.165) is 71.0 Å². The summed E-state index contributed by atoms with van der Waals surface area (Å²) in [5, 5.41) is 0. The maximum absolute atomic E-state index is 2.54. The van der Waals surface area contributed by atoms with Crippen LogP contribution < -0.4 is 0 Å². The standard InChI is InChI=1S/C29H60/c1-15-18(3)22(7)20(5)17-21(6)24(9)26(11)28(13)29(14)27(12)25(10)23(8)19(4)16-2/h18-29H,15-17H2,1-14H3. The Labute approximate surface area is 187 Å². The predicted octanol–water partition coefficient (Wildman–Crippen LogP) is 9.83. The molecule has 0 nitrogen and oxygen atoms in total. The fraction of sp³-hybridized carbons (Fsp3) is 1.00. The van der Waals surface area contributed by atoms with Crippen LogP contribution in [0.3, 0.4) is 0 Å². The fourth-order valence-electron chi connectivity index (χ4n) is 5.75. The van der Waals surface area contributed by atoms with Gasteiger partial charge in [-0.15, -0.1) is 0 Å². The second-order valence-electron chi connectivity index (χ2n) is 11.8. The molecule has 0 aromatic carbocycles. The molecule has 0 heteroatoms. The van der Waals surface area contributed by atoms with Gasteiger partial charge in [0.2, 0.25) is 0 Å². The molecule has 0 amide bonds. The lowest BCUT2D eigenvalue weighted by Crippen LogP contribution is -2.34. The number of hydrogen-bond donors (Lipinski definition) is 0. The average Bonchev–Trinajstić information content (AvgIpc) is 2.73. The van der Waals surface area contributed by atoms with E-state index in [1.807, 2.05) is 0 Å². The summed E-state index contributed by atoms with van der Waals surface area (Å²) in [7, 11) is 0. The lowest BCUT2D eigenvalue weighted by atomic mass is 9.65. The van der Waals surface area contributed by atoms with Crippen LogP contribution in [0.25, 0.3) is 0 Å². The van der Waals surface area contributed by atoms with E-state index in [1.165, 1.54) is 19.3 Å². The molecule has 0 aromatic heterocycles. The molecule has 0 aliphatic rings. The van der Waals surface area contributed by atoms with Gasteiger partial charge >= 0.3 is 0 Å². The number of rotatable bonds is 14. The first kappa shape index (κ1) is 29.0. The second kappa shape index (κ2) is 13.4. The quantitative estimate of drug-likeness (QED) is 0.268. The second-order valence-corrected chi connectivity index (χ2v) is 11.8. The Morgan fingerprint density at radius 1 is 0.310 bits per heavy atom. The van der Waals surface area contributed by atoms with Gasteiger partial charge in [0, 0.05) is 0 Å². The van der Waals surface area contributed by atoms with Gasteiger partial charge in [0.05, 0.1) is 0 Å². The van der Waals surface area contributed by atoms with Crippen molar-refractivity contribution in [2.24, 2.45) is 71.0 Å². The first-order chi connectivity index (χ1) is 13.3. The zero-order valence-electron chi connectivity index (χ0n) is 23.0. The van der Waals surface area contributed by atoms with Gasteiger partial charge in [-0.3, -0.25) is 0 Å². The van der Waals surface area contributed by atoms with Crippen LogP contribution in [-0.2, 0) is 0 Å². The molecular formula is C29H60. The van der Waals surface area contributed by atoms with E-state index in [-0.39, 0.29) is 0 Å². The zero-order chi connectivity index (χ0) is 23.0. The minimum atomic E-state index is 0.788. The van der Waals surface area contributed by atoms with E-state index in [2.05, 4.69) is 96.9 Å². The van der Waals surface area contributed by atoms with Crippen LogP contribution in [0.4, 0.5) is 0 Å². The molecule has 0 spiro atoms. The molecule has 0 aliphatic carbocycles. The monoisotopic (exact) mass is 408 g/mol. The zero-order valence-corrected chi connectivity index (χ0v) is 23.0. The van der Waals surface area contributed by atoms with Crippen LogP contribution in [0.15, 0.2) is 0 Å². The number of hydrogen-bond acceptors (Lipinski definition) is 0. The largest absolute Gasteiger partial charge is 0.0651 e. The summed E-state index contributed by atoms with van der Waals surface area (Å²) in [6.45, 7) is 34.8. The Morgan fingerprint density at radius 2 is 0.552 bits per heavy atom. The Bertz CT molecular complexity index is 412. The molecule has 12 unspecified atom stereocenters. The molecule has 0 saturated carbocycles. The topological polar surface area (TPSA) is 0 Å². The summed E-state index contributed by atoms with van der Waals surface area (Å²) in [6, 6.07) is 0. The van der Waals surface area contributed by atoms with E-state index in [4.69, 9.17) is 0 Å². The summed E-state index contributed by atoms with van der Waals surface area (Å²) in [5.41, 5.74) is 0. The Hall–Kier alpha value is 0. The van der Waals surface area contributed by atoms with Gasteiger partial charge in [0.1, 0.15) is 0 Å². The van der Waals surface area contributed by atoms with Crippen LogP contribution in [0, 0.1) is 71.0 Å². The van der Waals surface area contributed by atoms with Crippen LogP contribution in [0.1, 0.15) is 116 Å². The van der Waals surface area contributed by atoms with Gasteiger partial charge in [-0.1, -0.05) is 110 Å². The third-order valence-electron chi connectivity index (χ3n) is 10.6. The maximum Gasteiger partial charge on any atom is -0.0386 e. The summed E-state index contributed by atoms with van der Waals surface area (Å²) in [6.07, 6.45) is 4.00. The minimum Gasteiger partial charge on any atom is -0.0651 e. The maximum atomic E-state index is 2.54. The smallest absolute Gasteiger partial charge is 0.0386 e. The van der Waals surface area contributed by atoms with Crippen molar-refractivity contribution in [2.45, 2.75) is 116 Å². The van der Waals surface area contributed by atoms with Gasteiger partial charge in [0.15, 0.2) is 0 Å². The van der Waals surface area contributed by atoms with E-state index in [0.29, 0.717) is 0 Å². The van der Waals surface area contributed by atoms with Gasteiger partial charge in [0.25, 0.3) is 0 Å². The van der Waals surface area contributed by atoms with Crippen molar-refractivity contribution in [2.75, 3.05) is 0 Å². The average molecular weight is 409 g/mol. The summed E-state index contributed by atoms with van der Waals surface area (Å²) in [4.78, 5) is 0. The highest BCUT2D eigenvalue weighted by Crippen LogP contribution is 2.41. The minimum absolute atomic E-state index is 0.788. The molecule has 0 N–H and O–H groups in total. The molecule has 0 aliphatic heterocycles. The lowest BCUT2D eigenvalue weighted by Gasteiger charge is -2.40. The van der Waals surface area contributed by atoms with Gasteiger partial charge in [-0.25, -0.2) is 0 Å². The van der Waals surface area contributed by atoms with Crippen LogP contribution in [0.2, 0.25) is 0 Å². The SMILES string of the molecule is CCC(C)C(C)C(C)CC(C)C(C)C(C)C(C)C(C)C(C)C(C)C(C)C(C)CC. The van der Waals surface area contributed by atoms with Gasteiger partial charge in [-0.05, 0) is 77.4 Å². The lowest BCUT2D eigenvalue weighted by molar-refractivity contribution is 0.0834. The van der Waals surface area contributed by atoms with E-state index in [1.54, 1.807) is 0 Å². The van der Waals surface area contributed by atoms with Crippen molar-refractivity contribution in [3.8, 4) is 0 Å². The Kier molecular flexibility index (Phi) is 13.4. The molecule has 29 heavy (non-hydrogen) atoms. The van der Waals surface area contributed by atoms with E-state index in [9.17, 15) is 0 Å². The highest BCUT2D eigenvalue weighted by molar-refractivity contribution is 4.83. The van der Waals surface area contributed by atoms with Crippen LogP contribution in [-0.4, -0.2) is 0 Å². The predicted molar refractivity (Wildman–Crippen MR) is 135 cm³/mol. The molecular weight excluding hydrogens is 348 g/mol. The highest BCUT2D eigenvalue weighted by Gasteiger charge is 2.34. The third-order valence-corrected chi connectivity index (χ3v) is 10.6. The first-order valence-electron chi connectivity index (χ1n) is 13.3. The first-order valence-corrected chi connectivity index (χ1v) is 13.3. The Morgan fingerprint density at radius 3 is 0.897 bits per heavy atom. The summed E-state index contributed by atoms with van der Waals surface area (Å²) < 4.78 is 0. The van der Waals surface area contributed by atoms with Gasteiger partial charge in [-0.2, -0.15) is 0 Å². The van der Waals surface area contributed by atoms with Crippen molar-refractivity contribution in [3.05, 3.63) is 0 Å². The molecule has 0 radical (unpaired) electrons. The van der Waals surface area contributed by atoms with Crippen molar-refractivity contribution < 1.29 is 0 Å². The molecule has 0 aromatic rings. The molecule has 0 heterocycles. The van der Waals surface area contributed by atoms with E-state index >= 15 is 0 Å². The summed E-state index contributed by atoms with van der Waals surface area (Å²) in [5.74, 6) is 9.75. The van der Waals surface area contributed by atoms with Gasteiger partial charge < -0.3 is 0 Å². The molecule has 0 bridgehead atoms. The Balaban J connectivity index is 4.95. The fourth-order valence-corrected chi connectivity index (χ4v) is 5.75. The highest BCUT2D eigenvalue weighted by atomic mass is 14.4. The third kappa shape index (κ3) is 8.22. The van der Waals surface area contributed by atoms with E-state index < -0.39 is 0 Å². The normalized spacial score (nSPS) is 25.0. The molecule has 0 fully saturated rings. The molecule has 12 atom stereocenters. The van der Waals surface area contributed by atoms with Crippen molar-refractivity contribution in [1.82, 2.24) is 0 Å². The van der Waals surface area contributed by atoms with Crippen molar-refractivity contribution in [3.63, 3.8) is 0 Å². The molecule has 0 saturated heterocycles. The van der Waals surface area contributed by atoms with Crippen LogP contribution in [0.5, 0.6) is 0 Å². The molecule has 176 valence electrons. The van der Waals surface area contributed by atoms with Crippen LogP contribution >= 0.6 is 0 Å². The molecule has 0 rings (SSSR count).